The highest BCUT2D eigenvalue weighted by Crippen LogP contribution is 2.29. The standard InChI is InChI=1S/C17H25Cl2N/c1-12(14-7-5-3-4-6-8-14)20-13(2)16-10-9-15(18)11-17(16)19/h9-14,20H,3-8H2,1-2H3/t12-,13?/m1/s1. The molecule has 0 radical (unpaired) electrons. The monoisotopic (exact) mass is 313 g/mol. The van der Waals surface area contributed by atoms with Gasteiger partial charge < -0.3 is 5.32 Å². The highest BCUT2D eigenvalue weighted by atomic mass is 35.5. The fourth-order valence-corrected chi connectivity index (χ4v) is 3.86. The van der Waals surface area contributed by atoms with Gasteiger partial charge in [-0.1, -0.05) is 55.0 Å². The van der Waals surface area contributed by atoms with E-state index in [9.17, 15) is 0 Å². The van der Waals surface area contributed by atoms with Crippen LogP contribution in [0.5, 0.6) is 0 Å². The van der Waals surface area contributed by atoms with Crippen LogP contribution in [0.1, 0.15) is 64.0 Å². The van der Waals surface area contributed by atoms with Gasteiger partial charge in [-0.3, -0.25) is 0 Å². The summed E-state index contributed by atoms with van der Waals surface area (Å²) in [7, 11) is 0. The van der Waals surface area contributed by atoms with Gasteiger partial charge in [-0.25, -0.2) is 0 Å². The van der Waals surface area contributed by atoms with Gasteiger partial charge in [-0.15, -0.1) is 0 Å². The second-order valence-corrected chi connectivity index (χ2v) is 6.94. The molecule has 1 unspecified atom stereocenters. The topological polar surface area (TPSA) is 12.0 Å². The zero-order valence-electron chi connectivity index (χ0n) is 12.5. The van der Waals surface area contributed by atoms with Gasteiger partial charge in [0.25, 0.3) is 0 Å². The van der Waals surface area contributed by atoms with Crippen molar-refractivity contribution in [2.45, 2.75) is 64.5 Å². The first-order chi connectivity index (χ1) is 9.58. The molecule has 0 saturated heterocycles. The Kier molecular flexibility index (Phi) is 6.20. The molecular weight excluding hydrogens is 289 g/mol. The van der Waals surface area contributed by atoms with E-state index in [4.69, 9.17) is 23.2 Å². The molecule has 3 heteroatoms. The Labute approximate surface area is 133 Å². The molecule has 0 bridgehead atoms. The molecule has 1 N–H and O–H groups in total. The molecule has 2 rings (SSSR count). The van der Waals surface area contributed by atoms with Crippen LogP contribution in [0.2, 0.25) is 10.0 Å². The average molecular weight is 314 g/mol. The van der Waals surface area contributed by atoms with Crippen LogP contribution >= 0.6 is 23.2 Å². The Hall–Kier alpha value is -0.240. The lowest BCUT2D eigenvalue weighted by Gasteiger charge is -2.27. The lowest BCUT2D eigenvalue weighted by molar-refractivity contribution is 0.316. The number of halogens is 2. The van der Waals surface area contributed by atoms with E-state index in [1.54, 1.807) is 0 Å². The van der Waals surface area contributed by atoms with E-state index >= 15 is 0 Å². The molecule has 1 saturated carbocycles. The molecule has 0 aliphatic heterocycles. The molecule has 0 heterocycles. The number of nitrogens with one attached hydrogen (secondary N) is 1. The molecule has 1 aliphatic rings. The molecule has 2 atom stereocenters. The van der Waals surface area contributed by atoms with Gasteiger partial charge >= 0.3 is 0 Å². The number of rotatable bonds is 4. The molecule has 20 heavy (non-hydrogen) atoms. The second-order valence-electron chi connectivity index (χ2n) is 6.09. The van der Waals surface area contributed by atoms with Crippen molar-refractivity contribution >= 4 is 23.2 Å². The number of benzene rings is 1. The van der Waals surface area contributed by atoms with Crippen LogP contribution in [0.15, 0.2) is 18.2 Å². The van der Waals surface area contributed by atoms with Gasteiger partial charge in [0.1, 0.15) is 0 Å². The van der Waals surface area contributed by atoms with Gasteiger partial charge in [-0.05, 0) is 50.3 Å². The van der Waals surface area contributed by atoms with Crippen molar-refractivity contribution in [1.29, 1.82) is 0 Å². The van der Waals surface area contributed by atoms with Crippen molar-refractivity contribution in [3.05, 3.63) is 33.8 Å². The smallest absolute Gasteiger partial charge is 0.0468 e. The Morgan fingerprint density at radius 1 is 1.05 bits per heavy atom. The molecule has 1 aromatic carbocycles. The van der Waals surface area contributed by atoms with Crippen LogP contribution in [0, 0.1) is 5.92 Å². The van der Waals surface area contributed by atoms with Gasteiger partial charge in [0, 0.05) is 22.1 Å². The maximum Gasteiger partial charge on any atom is 0.0468 e. The highest BCUT2D eigenvalue weighted by Gasteiger charge is 2.21. The van der Waals surface area contributed by atoms with E-state index in [0.717, 1.165) is 16.5 Å². The summed E-state index contributed by atoms with van der Waals surface area (Å²) in [5.74, 6) is 0.797. The molecule has 0 spiro atoms. The summed E-state index contributed by atoms with van der Waals surface area (Å²) in [4.78, 5) is 0. The third-order valence-corrected chi connectivity index (χ3v) is 5.11. The molecule has 1 aliphatic carbocycles. The first kappa shape index (κ1) is 16.1. The van der Waals surface area contributed by atoms with Gasteiger partial charge in [-0.2, -0.15) is 0 Å². The summed E-state index contributed by atoms with van der Waals surface area (Å²) in [5, 5.41) is 5.18. The Bertz CT molecular complexity index is 425. The largest absolute Gasteiger partial charge is 0.307 e. The minimum Gasteiger partial charge on any atom is -0.307 e. The van der Waals surface area contributed by atoms with Crippen molar-refractivity contribution in [2.75, 3.05) is 0 Å². The van der Waals surface area contributed by atoms with E-state index < -0.39 is 0 Å². The summed E-state index contributed by atoms with van der Waals surface area (Å²) >= 11 is 12.3. The Balaban J connectivity index is 1.97. The Morgan fingerprint density at radius 2 is 1.70 bits per heavy atom. The summed E-state index contributed by atoms with van der Waals surface area (Å²) < 4.78 is 0. The quantitative estimate of drug-likeness (QED) is 0.672. The normalized spacial score (nSPS) is 20.4. The van der Waals surface area contributed by atoms with Gasteiger partial charge in [0.2, 0.25) is 0 Å². The van der Waals surface area contributed by atoms with E-state index in [1.807, 2.05) is 18.2 Å². The SMILES string of the molecule is CC(N[C@H](C)C1CCCCCC1)c1ccc(Cl)cc1Cl. The van der Waals surface area contributed by atoms with Crippen molar-refractivity contribution < 1.29 is 0 Å². The molecule has 1 fully saturated rings. The summed E-state index contributed by atoms with van der Waals surface area (Å²) in [5.41, 5.74) is 1.14. The van der Waals surface area contributed by atoms with Crippen LogP contribution in [0.4, 0.5) is 0 Å². The van der Waals surface area contributed by atoms with Crippen molar-refractivity contribution in [3.63, 3.8) is 0 Å². The first-order valence-corrected chi connectivity index (χ1v) is 8.54. The zero-order valence-corrected chi connectivity index (χ0v) is 14.0. The number of hydrogen-bond donors (Lipinski definition) is 1. The molecule has 112 valence electrons. The first-order valence-electron chi connectivity index (χ1n) is 7.79. The van der Waals surface area contributed by atoms with Crippen molar-refractivity contribution in [1.82, 2.24) is 5.32 Å². The zero-order chi connectivity index (χ0) is 14.5. The molecule has 0 amide bonds. The van der Waals surface area contributed by atoms with Crippen LogP contribution in [0.25, 0.3) is 0 Å². The van der Waals surface area contributed by atoms with E-state index in [-0.39, 0.29) is 6.04 Å². The highest BCUT2D eigenvalue weighted by molar-refractivity contribution is 6.35. The fourth-order valence-electron chi connectivity index (χ4n) is 3.28. The molecule has 1 aromatic rings. The predicted molar refractivity (Wildman–Crippen MR) is 88.7 cm³/mol. The fraction of sp³-hybridized carbons (Fsp3) is 0.647. The summed E-state index contributed by atoms with van der Waals surface area (Å²) in [6.45, 7) is 4.50. The summed E-state index contributed by atoms with van der Waals surface area (Å²) in [6.07, 6.45) is 8.29. The van der Waals surface area contributed by atoms with E-state index in [1.165, 1.54) is 38.5 Å². The van der Waals surface area contributed by atoms with Crippen molar-refractivity contribution in [2.24, 2.45) is 5.92 Å². The second kappa shape index (κ2) is 7.68. The Morgan fingerprint density at radius 3 is 2.30 bits per heavy atom. The van der Waals surface area contributed by atoms with E-state index in [2.05, 4.69) is 19.2 Å². The van der Waals surface area contributed by atoms with Crippen LogP contribution in [0.3, 0.4) is 0 Å². The van der Waals surface area contributed by atoms with Crippen molar-refractivity contribution in [3.8, 4) is 0 Å². The third-order valence-electron chi connectivity index (χ3n) is 4.55. The van der Waals surface area contributed by atoms with E-state index in [0.29, 0.717) is 11.1 Å². The van der Waals surface area contributed by atoms with Gasteiger partial charge in [0.15, 0.2) is 0 Å². The van der Waals surface area contributed by atoms with Crippen LogP contribution in [-0.2, 0) is 0 Å². The third kappa shape index (κ3) is 4.38. The maximum atomic E-state index is 6.30. The molecular formula is C17H25Cl2N. The average Bonchev–Trinajstić information content (AvgIpc) is 2.67. The van der Waals surface area contributed by atoms with Crippen LogP contribution < -0.4 is 5.32 Å². The van der Waals surface area contributed by atoms with Gasteiger partial charge in [0.05, 0.1) is 0 Å². The maximum absolute atomic E-state index is 6.30. The molecule has 1 nitrogen and oxygen atoms in total. The minimum absolute atomic E-state index is 0.262. The number of hydrogen-bond acceptors (Lipinski definition) is 1. The lowest BCUT2D eigenvalue weighted by Crippen LogP contribution is -2.35. The molecule has 0 aromatic heterocycles. The van der Waals surface area contributed by atoms with Crippen LogP contribution in [-0.4, -0.2) is 6.04 Å². The predicted octanol–water partition coefficient (Wildman–Crippen LogP) is 6.00. The summed E-state index contributed by atoms with van der Waals surface area (Å²) in [6, 6.07) is 6.57. The lowest BCUT2D eigenvalue weighted by atomic mass is 9.92. The minimum atomic E-state index is 0.262.